The van der Waals surface area contributed by atoms with Gasteiger partial charge in [-0.3, -0.25) is 0 Å². The van der Waals surface area contributed by atoms with Gasteiger partial charge in [-0.15, -0.1) is 0 Å². The molecule has 0 radical (unpaired) electrons. The van der Waals surface area contributed by atoms with E-state index in [0.29, 0.717) is 12.1 Å². The number of hydrogen-bond acceptors (Lipinski definition) is 4. The molecule has 0 fully saturated rings. The minimum absolute atomic E-state index is 0.115. The van der Waals surface area contributed by atoms with Gasteiger partial charge >= 0.3 is 0 Å². The van der Waals surface area contributed by atoms with E-state index in [-0.39, 0.29) is 11.8 Å². The van der Waals surface area contributed by atoms with E-state index in [1.165, 1.54) is 5.41 Å². The summed E-state index contributed by atoms with van der Waals surface area (Å²) in [6.07, 6.45) is 1.67. The highest BCUT2D eigenvalue weighted by Crippen LogP contribution is 2.09. The molecule has 0 saturated carbocycles. The maximum atomic E-state index is 11.2. The molecule has 1 aliphatic rings. The summed E-state index contributed by atoms with van der Waals surface area (Å²) in [4.78, 5) is 0. The first-order chi connectivity index (χ1) is 8.09. The zero-order chi connectivity index (χ0) is 12.3. The van der Waals surface area contributed by atoms with Crippen molar-refractivity contribution in [3.8, 4) is 6.07 Å². The molecule has 0 aliphatic carbocycles. The molecular formula is C12H12N2O2S. The molecule has 1 heterocycles. The fraction of sp³-hybridized carbons (Fsp3) is 0.250. The number of benzene rings is 1. The Bertz CT molecular complexity index is 568. The maximum absolute atomic E-state index is 11.2. The highest BCUT2D eigenvalue weighted by Gasteiger charge is 2.20. The summed E-state index contributed by atoms with van der Waals surface area (Å²) >= 11 is 0. The van der Waals surface area contributed by atoms with Gasteiger partial charge in [0.25, 0.3) is 0 Å². The highest BCUT2D eigenvalue weighted by atomic mass is 32.2. The fourth-order valence-corrected chi connectivity index (χ4v) is 2.92. The van der Waals surface area contributed by atoms with Gasteiger partial charge in [-0.2, -0.15) is 5.26 Å². The quantitative estimate of drug-likeness (QED) is 0.865. The summed E-state index contributed by atoms with van der Waals surface area (Å²) in [5, 5.41) is 13.0. The van der Waals surface area contributed by atoms with Crippen molar-refractivity contribution >= 4 is 9.84 Å². The van der Waals surface area contributed by atoms with Gasteiger partial charge in [0.2, 0.25) is 0 Å². The Kier molecular flexibility index (Phi) is 3.27. The molecule has 0 bridgehead atoms. The Balaban J connectivity index is 1.91. The van der Waals surface area contributed by atoms with Crippen LogP contribution in [0.25, 0.3) is 0 Å². The lowest BCUT2D eigenvalue weighted by atomic mass is 10.1. The van der Waals surface area contributed by atoms with Gasteiger partial charge in [-0.25, -0.2) is 8.42 Å². The van der Waals surface area contributed by atoms with Crippen LogP contribution < -0.4 is 5.32 Å². The van der Waals surface area contributed by atoms with Crippen LogP contribution in [0.3, 0.4) is 0 Å². The average Bonchev–Trinajstić information content (AvgIpc) is 2.67. The van der Waals surface area contributed by atoms with E-state index >= 15 is 0 Å². The molecule has 0 aromatic heterocycles. The molecule has 1 N–H and O–H groups in total. The van der Waals surface area contributed by atoms with E-state index < -0.39 is 9.84 Å². The third-order valence-electron chi connectivity index (χ3n) is 2.58. The van der Waals surface area contributed by atoms with Crippen molar-refractivity contribution in [2.45, 2.75) is 12.6 Å². The zero-order valence-corrected chi connectivity index (χ0v) is 9.94. The lowest BCUT2D eigenvalue weighted by Crippen LogP contribution is -2.29. The predicted molar refractivity (Wildman–Crippen MR) is 64.7 cm³/mol. The summed E-state index contributed by atoms with van der Waals surface area (Å²) in [5.74, 6) is 0.128. The first-order valence-corrected chi connectivity index (χ1v) is 6.94. The highest BCUT2D eigenvalue weighted by molar-refractivity contribution is 7.94. The molecule has 1 aliphatic heterocycles. The van der Waals surface area contributed by atoms with E-state index in [4.69, 9.17) is 5.26 Å². The van der Waals surface area contributed by atoms with Gasteiger partial charge in [0.1, 0.15) is 0 Å². The maximum Gasteiger partial charge on any atom is 0.173 e. The minimum atomic E-state index is -3.00. The van der Waals surface area contributed by atoms with Crippen LogP contribution >= 0.6 is 0 Å². The molecule has 88 valence electrons. The standard InChI is InChI=1S/C12H12N2O2S/c13-7-10-1-3-11(4-2-10)8-14-12-5-6-17(15,16)9-12/h1-6,12,14H,8-9H2. The third kappa shape index (κ3) is 3.16. The lowest BCUT2D eigenvalue weighted by molar-refractivity contribution is 0.590. The van der Waals surface area contributed by atoms with Gasteiger partial charge in [0, 0.05) is 18.0 Å². The summed E-state index contributed by atoms with van der Waals surface area (Å²) in [7, 11) is -3.00. The molecule has 0 amide bonds. The Morgan fingerprint density at radius 3 is 2.59 bits per heavy atom. The van der Waals surface area contributed by atoms with Gasteiger partial charge in [0.05, 0.1) is 17.4 Å². The molecule has 17 heavy (non-hydrogen) atoms. The van der Waals surface area contributed by atoms with Crippen molar-refractivity contribution in [3.63, 3.8) is 0 Å². The molecule has 1 atom stereocenters. The van der Waals surface area contributed by atoms with Crippen LogP contribution in [0, 0.1) is 11.3 Å². The second-order valence-corrected chi connectivity index (χ2v) is 5.89. The average molecular weight is 248 g/mol. The summed E-state index contributed by atoms with van der Waals surface area (Å²) in [5.41, 5.74) is 1.65. The first kappa shape index (κ1) is 11.8. The largest absolute Gasteiger partial charge is 0.305 e. The van der Waals surface area contributed by atoms with Crippen LogP contribution in [0.2, 0.25) is 0 Å². The lowest BCUT2D eigenvalue weighted by Gasteiger charge is -2.09. The van der Waals surface area contributed by atoms with Gasteiger partial charge < -0.3 is 5.32 Å². The summed E-state index contributed by atoms with van der Waals surface area (Å²) in [6.45, 7) is 0.593. The smallest absolute Gasteiger partial charge is 0.173 e. The SMILES string of the molecule is N#Cc1ccc(CNC2C=CS(=O)(=O)C2)cc1. The van der Waals surface area contributed by atoms with Crippen LogP contribution in [-0.4, -0.2) is 20.2 Å². The van der Waals surface area contributed by atoms with Crippen LogP contribution in [0.15, 0.2) is 35.7 Å². The number of nitrogens with zero attached hydrogens (tertiary/aromatic N) is 1. The Morgan fingerprint density at radius 2 is 2.06 bits per heavy atom. The first-order valence-electron chi connectivity index (χ1n) is 5.22. The van der Waals surface area contributed by atoms with Crippen molar-refractivity contribution in [2.75, 3.05) is 5.75 Å². The number of hydrogen-bond donors (Lipinski definition) is 1. The molecule has 1 unspecified atom stereocenters. The summed E-state index contributed by atoms with van der Waals surface area (Å²) in [6, 6.07) is 9.15. The molecule has 2 rings (SSSR count). The minimum Gasteiger partial charge on any atom is -0.305 e. The van der Waals surface area contributed by atoms with Crippen LogP contribution in [0.5, 0.6) is 0 Å². The molecule has 0 spiro atoms. The molecule has 0 saturated heterocycles. The van der Waals surface area contributed by atoms with Crippen molar-refractivity contribution in [3.05, 3.63) is 46.9 Å². The summed E-state index contributed by atoms with van der Waals surface area (Å²) < 4.78 is 22.3. The third-order valence-corrected chi connectivity index (χ3v) is 3.98. The van der Waals surface area contributed by atoms with Crippen LogP contribution in [0.1, 0.15) is 11.1 Å². The molecule has 1 aromatic rings. The Labute approximate surface area is 100 Å². The fourth-order valence-electron chi connectivity index (χ4n) is 1.65. The zero-order valence-electron chi connectivity index (χ0n) is 9.13. The van der Waals surface area contributed by atoms with E-state index in [2.05, 4.69) is 11.4 Å². The van der Waals surface area contributed by atoms with Crippen LogP contribution in [0.4, 0.5) is 0 Å². The van der Waals surface area contributed by atoms with Gasteiger partial charge in [-0.1, -0.05) is 18.2 Å². The second-order valence-electron chi connectivity index (χ2n) is 3.95. The molecule has 4 nitrogen and oxygen atoms in total. The van der Waals surface area contributed by atoms with E-state index in [1.54, 1.807) is 18.2 Å². The molecule has 5 heteroatoms. The van der Waals surface area contributed by atoms with E-state index in [0.717, 1.165) is 5.56 Å². The number of sulfone groups is 1. The Hall–Kier alpha value is -1.64. The topological polar surface area (TPSA) is 70.0 Å². The van der Waals surface area contributed by atoms with Crippen molar-refractivity contribution in [1.82, 2.24) is 5.32 Å². The predicted octanol–water partition coefficient (Wildman–Crippen LogP) is 0.959. The number of nitriles is 1. The van der Waals surface area contributed by atoms with Gasteiger partial charge in [-0.05, 0) is 17.7 Å². The molecular weight excluding hydrogens is 236 g/mol. The van der Waals surface area contributed by atoms with Crippen LogP contribution in [-0.2, 0) is 16.4 Å². The normalized spacial score (nSPS) is 21.2. The number of nitrogens with one attached hydrogen (secondary N) is 1. The molecule has 1 aromatic carbocycles. The van der Waals surface area contributed by atoms with Crippen molar-refractivity contribution < 1.29 is 8.42 Å². The Morgan fingerprint density at radius 1 is 1.35 bits per heavy atom. The number of rotatable bonds is 3. The van der Waals surface area contributed by atoms with Crippen molar-refractivity contribution in [2.24, 2.45) is 0 Å². The second kappa shape index (κ2) is 4.70. The monoisotopic (exact) mass is 248 g/mol. The van der Waals surface area contributed by atoms with E-state index in [1.807, 2.05) is 12.1 Å². The van der Waals surface area contributed by atoms with E-state index in [9.17, 15) is 8.42 Å². The van der Waals surface area contributed by atoms with Gasteiger partial charge in [0.15, 0.2) is 9.84 Å². The van der Waals surface area contributed by atoms with Crippen molar-refractivity contribution in [1.29, 1.82) is 5.26 Å².